The zero-order valence-electron chi connectivity index (χ0n) is 13.2. The molecule has 2 aromatic rings. The number of rotatable bonds is 6. The van der Waals surface area contributed by atoms with Gasteiger partial charge in [0, 0.05) is 22.3 Å². The summed E-state index contributed by atoms with van der Waals surface area (Å²) < 4.78 is 11.3. The molecule has 0 fully saturated rings. The second-order valence-corrected chi connectivity index (χ2v) is 5.75. The third-order valence-electron chi connectivity index (χ3n) is 3.27. The Balaban J connectivity index is 2.09. The smallest absolute Gasteiger partial charge is 0.187 e. The van der Waals surface area contributed by atoms with Crippen LogP contribution in [0, 0.1) is 6.92 Å². The molecule has 0 aliphatic heterocycles. The lowest BCUT2D eigenvalue weighted by atomic mass is 10.1. The molecule has 5 heteroatoms. The van der Waals surface area contributed by atoms with E-state index >= 15 is 0 Å². The number of halogens is 1. The maximum atomic E-state index is 12.2. The maximum absolute atomic E-state index is 12.2. The summed E-state index contributed by atoms with van der Waals surface area (Å²) in [5.74, 6) is 0.998. The van der Waals surface area contributed by atoms with Crippen LogP contribution in [0.1, 0.15) is 15.9 Å². The molecule has 0 spiro atoms. The number of anilines is 1. The van der Waals surface area contributed by atoms with Gasteiger partial charge in [0.1, 0.15) is 0 Å². The number of carbonyl (C=O) groups excluding carboxylic acids is 1. The zero-order valence-corrected chi connectivity index (χ0v) is 14.8. The monoisotopic (exact) mass is 375 g/mol. The lowest BCUT2D eigenvalue weighted by molar-refractivity contribution is 0.104. The number of carbonyl (C=O) groups is 1. The van der Waals surface area contributed by atoms with Crippen molar-refractivity contribution < 1.29 is 14.3 Å². The molecule has 0 saturated heterocycles. The molecule has 4 nitrogen and oxygen atoms in total. The Morgan fingerprint density at radius 1 is 1.09 bits per heavy atom. The molecule has 0 bridgehead atoms. The molecule has 23 heavy (non-hydrogen) atoms. The summed E-state index contributed by atoms with van der Waals surface area (Å²) in [5, 5.41) is 3.09. The quantitative estimate of drug-likeness (QED) is 0.592. The Morgan fingerprint density at radius 2 is 1.83 bits per heavy atom. The van der Waals surface area contributed by atoms with Gasteiger partial charge in [-0.05, 0) is 58.7 Å². The standard InChI is InChI=1S/C18H18BrNO3/c1-12-4-6-15(14(19)10-12)20-9-8-16(21)13-5-7-17(22-2)18(11-13)23-3/h4-11,20H,1-3H3. The molecule has 0 saturated carbocycles. The van der Waals surface area contributed by atoms with E-state index in [4.69, 9.17) is 9.47 Å². The summed E-state index contributed by atoms with van der Waals surface area (Å²) in [4.78, 5) is 12.2. The molecular formula is C18H18BrNO3. The molecule has 0 atom stereocenters. The van der Waals surface area contributed by atoms with Crippen LogP contribution < -0.4 is 14.8 Å². The molecule has 2 rings (SSSR count). The number of hydrogen-bond donors (Lipinski definition) is 1. The van der Waals surface area contributed by atoms with Gasteiger partial charge in [-0.15, -0.1) is 0 Å². The number of ketones is 1. The topological polar surface area (TPSA) is 47.6 Å². The van der Waals surface area contributed by atoms with Crippen molar-refractivity contribution in [3.63, 3.8) is 0 Å². The van der Waals surface area contributed by atoms with Gasteiger partial charge in [0.2, 0.25) is 0 Å². The van der Waals surface area contributed by atoms with Crippen molar-refractivity contribution in [2.75, 3.05) is 19.5 Å². The second kappa shape index (κ2) is 7.83. The molecule has 0 heterocycles. The molecule has 0 unspecified atom stereocenters. The SMILES string of the molecule is COc1ccc(C(=O)C=CNc2ccc(C)cc2Br)cc1OC. The van der Waals surface area contributed by atoms with E-state index in [1.54, 1.807) is 38.6 Å². The van der Waals surface area contributed by atoms with Gasteiger partial charge in [0.05, 0.1) is 19.9 Å². The van der Waals surface area contributed by atoms with E-state index in [2.05, 4.69) is 21.2 Å². The van der Waals surface area contributed by atoms with Crippen molar-refractivity contribution in [3.05, 3.63) is 64.3 Å². The fourth-order valence-corrected chi connectivity index (χ4v) is 2.64. The van der Waals surface area contributed by atoms with Crippen molar-refractivity contribution in [1.29, 1.82) is 0 Å². The normalized spacial score (nSPS) is 10.6. The van der Waals surface area contributed by atoms with Gasteiger partial charge in [-0.25, -0.2) is 0 Å². The molecule has 1 N–H and O–H groups in total. The second-order valence-electron chi connectivity index (χ2n) is 4.89. The number of aryl methyl sites for hydroxylation is 1. The highest BCUT2D eigenvalue weighted by atomic mass is 79.9. The van der Waals surface area contributed by atoms with Gasteiger partial charge in [-0.2, -0.15) is 0 Å². The molecule has 0 aromatic heterocycles. The van der Waals surface area contributed by atoms with Crippen molar-refractivity contribution in [3.8, 4) is 11.5 Å². The first-order valence-corrected chi connectivity index (χ1v) is 7.80. The molecule has 0 aliphatic carbocycles. The van der Waals surface area contributed by atoms with Crippen molar-refractivity contribution in [1.82, 2.24) is 0 Å². The molecular weight excluding hydrogens is 358 g/mol. The third kappa shape index (κ3) is 4.36. The lowest BCUT2D eigenvalue weighted by Gasteiger charge is -2.08. The van der Waals surface area contributed by atoms with E-state index in [-0.39, 0.29) is 5.78 Å². The van der Waals surface area contributed by atoms with Crippen LogP contribution in [-0.4, -0.2) is 20.0 Å². The fraction of sp³-hybridized carbons (Fsp3) is 0.167. The molecule has 0 radical (unpaired) electrons. The van der Waals surface area contributed by atoms with Gasteiger partial charge in [-0.1, -0.05) is 6.07 Å². The van der Waals surface area contributed by atoms with Crippen LogP contribution >= 0.6 is 15.9 Å². The Bertz CT molecular complexity index is 741. The number of benzene rings is 2. The fourth-order valence-electron chi connectivity index (χ4n) is 2.03. The largest absolute Gasteiger partial charge is 0.493 e. The van der Waals surface area contributed by atoms with E-state index in [9.17, 15) is 4.79 Å². The van der Waals surface area contributed by atoms with Gasteiger partial charge >= 0.3 is 0 Å². The molecule has 2 aromatic carbocycles. The van der Waals surface area contributed by atoms with E-state index in [0.29, 0.717) is 17.1 Å². The highest BCUT2D eigenvalue weighted by Crippen LogP contribution is 2.28. The first-order valence-electron chi connectivity index (χ1n) is 7.00. The van der Waals surface area contributed by atoms with Crippen LogP contribution in [0.5, 0.6) is 11.5 Å². The minimum absolute atomic E-state index is 0.123. The van der Waals surface area contributed by atoms with Crippen molar-refractivity contribution in [2.24, 2.45) is 0 Å². The summed E-state index contributed by atoms with van der Waals surface area (Å²) in [7, 11) is 3.10. The summed E-state index contributed by atoms with van der Waals surface area (Å²) in [6.45, 7) is 2.02. The van der Waals surface area contributed by atoms with Gasteiger partial charge in [-0.3, -0.25) is 4.79 Å². The van der Waals surface area contributed by atoms with Crippen LogP contribution in [-0.2, 0) is 0 Å². The number of allylic oxidation sites excluding steroid dienone is 1. The Labute approximate surface area is 144 Å². The molecule has 120 valence electrons. The van der Waals surface area contributed by atoms with Crippen LogP contribution in [0.25, 0.3) is 0 Å². The van der Waals surface area contributed by atoms with Crippen LogP contribution in [0.2, 0.25) is 0 Å². The first-order chi connectivity index (χ1) is 11.0. The molecule has 0 aliphatic rings. The van der Waals surface area contributed by atoms with Crippen molar-refractivity contribution >= 4 is 27.4 Å². The number of hydrogen-bond acceptors (Lipinski definition) is 4. The van der Waals surface area contributed by atoms with Gasteiger partial charge < -0.3 is 14.8 Å². The highest BCUT2D eigenvalue weighted by molar-refractivity contribution is 9.10. The molecule has 0 amide bonds. The summed E-state index contributed by atoms with van der Waals surface area (Å²) in [6, 6.07) is 11.0. The summed E-state index contributed by atoms with van der Waals surface area (Å²) >= 11 is 3.48. The van der Waals surface area contributed by atoms with Gasteiger partial charge in [0.25, 0.3) is 0 Å². The summed E-state index contributed by atoms with van der Waals surface area (Å²) in [6.07, 6.45) is 3.10. The van der Waals surface area contributed by atoms with E-state index in [0.717, 1.165) is 15.7 Å². The lowest BCUT2D eigenvalue weighted by Crippen LogP contribution is -1.99. The summed E-state index contributed by atoms with van der Waals surface area (Å²) in [5.41, 5.74) is 2.59. The minimum Gasteiger partial charge on any atom is -0.493 e. The Hall–Kier alpha value is -2.27. The number of nitrogens with one attached hydrogen (secondary N) is 1. The predicted molar refractivity (Wildman–Crippen MR) is 95.5 cm³/mol. The van der Waals surface area contributed by atoms with Crippen LogP contribution in [0.3, 0.4) is 0 Å². The highest BCUT2D eigenvalue weighted by Gasteiger charge is 2.08. The number of methoxy groups -OCH3 is 2. The Morgan fingerprint density at radius 3 is 2.48 bits per heavy atom. The number of ether oxygens (including phenoxy) is 2. The van der Waals surface area contributed by atoms with E-state index < -0.39 is 0 Å². The van der Waals surface area contributed by atoms with Crippen LogP contribution in [0.4, 0.5) is 5.69 Å². The van der Waals surface area contributed by atoms with Crippen molar-refractivity contribution in [2.45, 2.75) is 6.92 Å². The third-order valence-corrected chi connectivity index (χ3v) is 3.92. The van der Waals surface area contributed by atoms with E-state index in [1.165, 1.54) is 6.08 Å². The van der Waals surface area contributed by atoms with Gasteiger partial charge in [0.15, 0.2) is 17.3 Å². The maximum Gasteiger partial charge on any atom is 0.187 e. The zero-order chi connectivity index (χ0) is 16.8. The predicted octanol–water partition coefficient (Wildman–Crippen LogP) is 4.58. The minimum atomic E-state index is -0.123. The van der Waals surface area contributed by atoms with E-state index in [1.807, 2.05) is 25.1 Å². The van der Waals surface area contributed by atoms with Crippen LogP contribution in [0.15, 0.2) is 53.1 Å². The Kier molecular flexibility index (Phi) is 5.82. The average Bonchev–Trinajstić information content (AvgIpc) is 2.56. The first kappa shape index (κ1) is 17.1. The average molecular weight is 376 g/mol.